The standard InChI is InChI=1S/C21H18BrN3O2/c1-13(2)21-23-20-18(10-16(22)11-19(20)25(26)27)24(21)12-15-8-5-7-14-6-3-4-9-17(14)15/h3-11,13H,12H2,1-2H3. The Bertz CT molecular complexity index is 1180. The average molecular weight is 424 g/mol. The molecule has 4 aromatic rings. The van der Waals surface area contributed by atoms with Crippen LogP contribution in [0.4, 0.5) is 5.69 Å². The molecule has 0 bridgehead atoms. The Labute approximate surface area is 164 Å². The first kappa shape index (κ1) is 17.7. The van der Waals surface area contributed by atoms with Crippen molar-refractivity contribution < 1.29 is 4.92 Å². The van der Waals surface area contributed by atoms with Crippen molar-refractivity contribution in [2.45, 2.75) is 26.3 Å². The summed E-state index contributed by atoms with van der Waals surface area (Å²) in [4.78, 5) is 15.8. The smallest absolute Gasteiger partial charge is 0.298 e. The lowest BCUT2D eigenvalue weighted by molar-refractivity contribution is -0.383. The van der Waals surface area contributed by atoms with Crippen molar-refractivity contribution >= 4 is 43.4 Å². The van der Waals surface area contributed by atoms with E-state index in [1.165, 1.54) is 16.8 Å². The van der Waals surface area contributed by atoms with Gasteiger partial charge in [-0.3, -0.25) is 10.1 Å². The molecule has 1 aromatic heterocycles. The molecule has 4 rings (SSSR count). The van der Waals surface area contributed by atoms with Crippen LogP contribution in [0.5, 0.6) is 0 Å². The molecule has 0 fully saturated rings. The van der Waals surface area contributed by atoms with Crippen molar-refractivity contribution in [2.24, 2.45) is 0 Å². The predicted molar refractivity (Wildman–Crippen MR) is 111 cm³/mol. The maximum Gasteiger partial charge on any atom is 0.298 e. The number of hydrogen-bond donors (Lipinski definition) is 0. The number of benzene rings is 3. The zero-order valence-corrected chi connectivity index (χ0v) is 16.6. The normalized spacial score (nSPS) is 11.6. The summed E-state index contributed by atoms with van der Waals surface area (Å²) in [6, 6.07) is 17.9. The van der Waals surface area contributed by atoms with Crippen LogP contribution in [0, 0.1) is 10.1 Å². The Morgan fingerprint density at radius 2 is 1.89 bits per heavy atom. The molecular formula is C21H18BrN3O2. The van der Waals surface area contributed by atoms with Crippen LogP contribution in [0.25, 0.3) is 21.8 Å². The summed E-state index contributed by atoms with van der Waals surface area (Å²) in [5, 5.41) is 13.9. The SMILES string of the molecule is CC(C)c1nc2c([N+](=O)[O-])cc(Br)cc2n1Cc1cccc2ccccc12. The van der Waals surface area contributed by atoms with Crippen LogP contribution in [0.15, 0.2) is 59.1 Å². The number of imidazole rings is 1. The Kier molecular flexibility index (Phi) is 4.44. The van der Waals surface area contributed by atoms with Gasteiger partial charge in [0, 0.05) is 23.0 Å². The van der Waals surface area contributed by atoms with Crippen LogP contribution in [-0.4, -0.2) is 14.5 Å². The van der Waals surface area contributed by atoms with Crippen LogP contribution >= 0.6 is 15.9 Å². The molecule has 0 amide bonds. The van der Waals surface area contributed by atoms with E-state index in [0.717, 1.165) is 16.9 Å². The Morgan fingerprint density at radius 3 is 2.63 bits per heavy atom. The molecule has 6 heteroatoms. The molecule has 0 aliphatic heterocycles. The highest BCUT2D eigenvalue weighted by atomic mass is 79.9. The van der Waals surface area contributed by atoms with Gasteiger partial charge in [-0.15, -0.1) is 0 Å². The van der Waals surface area contributed by atoms with Gasteiger partial charge in [0.15, 0.2) is 5.52 Å². The van der Waals surface area contributed by atoms with E-state index in [2.05, 4.69) is 63.6 Å². The highest BCUT2D eigenvalue weighted by Crippen LogP contribution is 2.33. The summed E-state index contributed by atoms with van der Waals surface area (Å²) < 4.78 is 2.77. The second kappa shape index (κ2) is 6.78. The molecule has 3 aromatic carbocycles. The van der Waals surface area contributed by atoms with E-state index in [1.807, 2.05) is 24.3 Å². The molecule has 0 radical (unpaired) electrons. The number of non-ortho nitro benzene ring substituents is 1. The summed E-state index contributed by atoms with van der Waals surface area (Å²) in [5.41, 5.74) is 2.40. The Hall–Kier alpha value is -2.73. The molecule has 0 atom stereocenters. The number of rotatable bonds is 4. The maximum absolute atomic E-state index is 11.5. The van der Waals surface area contributed by atoms with Gasteiger partial charge < -0.3 is 4.57 Å². The highest BCUT2D eigenvalue weighted by molar-refractivity contribution is 9.10. The number of aromatic nitrogens is 2. The van der Waals surface area contributed by atoms with Crippen molar-refractivity contribution in [3.05, 3.63) is 80.6 Å². The molecule has 0 aliphatic carbocycles. The fraction of sp³-hybridized carbons (Fsp3) is 0.190. The van der Waals surface area contributed by atoms with Crippen molar-refractivity contribution in [1.82, 2.24) is 9.55 Å². The fourth-order valence-corrected chi connectivity index (χ4v) is 3.97. The van der Waals surface area contributed by atoms with Crippen molar-refractivity contribution in [2.75, 3.05) is 0 Å². The van der Waals surface area contributed by atoms with E-state index >= 15 is 0 Å². The third-order valence-corrected chi connectivity index (χ3v) is 5.21. The Balaban J connectivity index is 1.97. The summed E-state index contributed by atoms with van der Waals surface area (Å²) in [6.45, 7) is 4.72. The Morgan fingerprint density at radius 1 is 1.15 bits per heavy atom. The summed E-state index contributed by atoms with van der Waals surface area (Å²) >= 11 is 3.41. The van der Waals surface area contributed by atoms with Gasteiger partial charge in [0.05, 0.1) is 10.4 Å². The molecule has 0 spiro atoms. The van der Waals surface area contributed by atoms with Crippen molar-refractivity contribution in [1.29, 1.82) is 0 Å². The third kappa shape index (κ3) is 3.10. The van der Waals surface area contributed by atoms with E-state index in [-0.39, 0.29) is 16.5 Å². The van der Waals surface area contributed by atoms with Crippen LogP contribution < -0.4 is 0 Å². The van der Waals surface area contributed by atoms with Gasteiger partial charge in [-0.1, -0.05) is 72.2 Å². The lowest BCUT2D eigenvalue weighted by atomic mass is 10.0. The quantitative estimate of drug-likeness (QED) is 0.297. The van der Waals surface area contributed by atoms with Gasteiger partial charge in [0.2, 0.25) is 0 Å². The first-order valence-corrected chi connectivity index (χ1v) is 9.55. The minimum atomic E-state index is -0.369. The predicted octanol–water partition coefficient (Wildman–Crippen LogP) is 6.03. The lowest BCUT2D eigenvalue weighted by Crippen LogP contribution is -2.07. The average Bonchev–Trinajstić information content (AvgIpc) is 3.00. The first-order valence-electron chi connectivity index (χ1n) is 8.76. The van der Waals surface area contributed by atoms with Gasteiger partial charge in [-0.25, -0.2) is 4.98 Å². The van der Waals surface area contributed by atoms with Crippen LogP contribution in [0.2, 0.25) is 0 Å². The zero-order chi connectivity index (χ0) is 19.1. The van der Waals surface area contributed by atoms with E-state index in [0.29, 0.717) is 16.5 Å². The molecule has 5 nitrogen and oxygen atoms in total. The second-order valence-electron chi connectivity index (χ2n) is 6.90. The van der Waals surface area contributed by atoms with Crippen LogP contribution in [-0.2, 0) is 6.54 Å². The molecular weight excluding hydrogens is 406 g/mol. The zero-order valence-electron chi connectivity index (χ0n) is 15.0. The monoisotopic (exact) mass is 423 g/mol. The summed E-state index contributed by atoms with van der Waals surface area (Å²) in [7, 11) is 0. The molecule has 0 N–H and O–H groups in total. The summed E-state index contributed by atoms with van der Waals surface area (Å²) in [5.74, 6) is 0.991. The van der Waals surface area contributed by atoms with Crippen LogP contribution in [0.3, 0.4) is 0 Å². The molecule has 0 aliphatic rings. The van der Waals surface area contributed by atoms with Crippen LogP contribution in [0.1, 0.15) is 31.2 Å². The largest absolute Gasteiger partial charge is 0.323 e. The van der Waals surface area contributed by atoms with E-state index < -0.39 is 0 Å². The van der Waals surface area contributed by atoms with E-state index in [4.69, 9.17) is 0 Å². The number of nitro benzene ring substituents is 1. The maximum atomic E-state index is 11.5. The minimum Gasteiger partial charge on any atom is -0.323 e. The number of halogens is 1. The topological polar surface area (TPSA) is 61.0 Å². The van der Waals surface area contributed by atoms with Gasteiger partial charge in [-0.05, 0) is 22.4 Å². The van der Waals surface area contributed by atoms with E-state index in [9.17, 15) is 10.1 Å². The van der Waals surface area contributed by atoms with Gasteiger partial charge in [-0.2, -0.15) is 0 Å². The number of nitro groups is 1. The van der Waals surface area contributed by atoms with Crippen molar-refractivity contribution in [3.8, 4) is 0 Å². The lowest BCUT2D eigenvalue weighted by Gasteiger charge is -2.13. The second-order valence-corrected chi connectivity index (χ2v) is 7.81. The number of fused-ring (bicyclic) bond motifs is 2. The summed E-state index contributed by atoms with van der Waals surface area (Å²) in [6.07, 6.45) is 0. The molecule has 27 heavy (non-hydrogen) atoms. The van der Waals surface area contributed by atoms with Crippen molar-refractivity contribution in [3.63, 3.8) is 0 Å². The molecule has 1 heterocycles. The third-order valence-electron chi connectivity index (χ3n) is 4.75. The first-order chi connectivity index (χ1) is 13.0. The fourth-order valence-electron chi connectivity index (χ4n) is 3.54. The van der Waals surface area contributed by atoms with Gasteiger partial charge in [0.1, 0.15) is 5.82 Å². The van der Waals surface area contributed by atoms with Gasteiger partial charge in [0.25, 0.3) is 5.69 Å². The number of nitrogens with zero attached hydrogens (tertiary/aromatic N) is 3. The molecule has 0 unspecified atom stereocenters. The molecule has 136 valence electrons. The van der Waals surface area contributed by atoms with Gasteiger partial charge >= 0.3 is 0 Å². The minimum absolute atomic E-state index is 0.0259. The van der Waals surface area contributed by atoms with E-state index in [1.54, 1.807) is 0 Å². The molecule has 0 saturated carbocycles. The highest BCUT2D eigenvalue weighted by Gasteiger charge is 2.22. The number of hydrogen-bond acceptors (Lipinski definition) is 3. The molecule has 0 saturated heterocycles.